The van der Waals surface area contributed by atoms with E-state index in [2.05, 4.69) is 5.32 Å². The van der Waals surface area contributed by atoms with Crippen molar-refractivity contribution >= 4 is 50.7 Å². The van der Waals surface area contributed by atoms with Gasteiger partial charge < -0.3 is 10.2 Å². The van der Waals surface area contributed by atoms with Gasteiger partial charge in [0.05, 0.1) is 11.9 Å². The molecular formula is C33H41Cl2N3O4S. The molecule has 0 fully saturated rings. The first-order valence-electron chi connectivity index (χ1n) is 14.5. The monoisotopic (exact) mass is 645 g/mol. The molecule has 10 heteroatoms. The molecule has 0 spiro atoms. The predicted molar refractivity (Wildman–Crippen MR) is 176 cm³/mol. The largest absolute Gasteiger partial charge is 0.354 e. The second-order valence-electron chi connectivity index (χ2n) is 11.1. The molecule has 0 aliphatic rings. The Morgan fingerprint density at radius 3 is 2.19 bits per heavy atom. The lowest BCUT2D eigenvalue weighted by molar-refractivity contribution is -0.141. The number of nitrogens with zero attached hydrogens (tertiary/aromatic N) is 2. The molecule has 3 aromatic carbocycles. The molecule has 0 heterocycles. The van der Waals surface area contributed by atoms with Crippen LogP contribution in [0.25, 0.3) is 0 Å². The summed E-state index contributed by atoms with van der Waals surface area (Å²) in [5.74, 6) is -0.309. The van der Waals surface area contributed by atoms with Gasteiger partial charge in [-0.2, -0.15) is 0 Å². The number of amides is 2. The number of hydrogen-bond acceptors (Lipinski definition) is 4. The maximum atomic E-state index is 14.0. The lowest BCUT2D eigenvalue weighted by Gasteiger charge is -2.32. The van der Waals surface area contributed by atoms with Crippen LogP contribution in [0.15, 0.2) is 72.8 Å². The van der Waals surface area contributed by atoms with Crippen molar-refractivity contribution in [3.8, 4) is 0 Å². The van der Waals surface area contributed by atoms with E-state index in [9.17, 15) is 18.0 Å². The van der Waals surface area contributed by atoms with Gasteiger partial charge in [0.2, 0.25) is 21.8 Å². The number of aryl methyl sites for hydroxylation is 1. The van der Waals surface area contributed by atoms with E-state index in [1.54, 1.807) is 35.2 Å². The van der Waals surface area contributed by atoms with Crippen molar-refractivity contribution in [2.45, 2.75) is 59.0 Å². The Morgan fingerprint density at radius 1 is 0.930 bits per heavy atom. The van der Waals surface area contributed by atoms with Crippen molar-refractivity contribution in [1.82, 2.24) is 10.2 Å². The average Bonchev–Trinajstić information content (AvgIpc) is 2.96. The van der Waals surface area contributed by atoms with Crippen LogP contribution < -0.4 is 9.62 Å². The van der Waals surface area contributed by atoms with Gasteiger partial charge in [-0.25, -0.2) is 8.42 Å². The van der Waals surface area contributed by atoms with Gasteiger partial charge in [0.25, 0.3) is 0 Å². The van der Waals surface area contributed by atoms with E-state index in [-0.39, 0.29) is 43.7 Å². The third kappa shape index (κ3) is 10.6. The number of benzene rings is 3. The van der Waals surface area contributed by atoms with Crippen molar-refractivity contribution in [1.29, 1.82) is 0 Å². The molecule has 0 bridgehead atoms. The Hall–Kier alpha value is -3.07. The molecule has 0 aliphatic heterocycles. The summed E-state index contributed by atoms with van der Waals surface area (Å²) in [6.45, 7) is 6.72. The highest BCUT2D eigenvalue weighted by Gasteiger charge is 2.31. The minimum absolute atomic E-state index is 0.0347. The van der Waals surface area contributed by atoms with Gasteiger partial charge in [-0.15, -0.1) is 0 Å². The summed E-state index contributed by atoms with van der Waals surface area (Å²) in [6.07, 6.45) is 2.61. The van der Waals surface area contributed by atoms with Crippen LogP contribution in [0, 0.1) is 5.92 Å². The SMILES string of the molecule is CCc1ccc(N(CCCC(=O)N(Cc2ccc(Cl)cc2Cl)C(Cc2ccccc2)C(=O)NCC(C)C)S(C)(=O)=O)cc1. The number of hydrogen-bond donors (Lipinski definition) is 1. The summed E-state index contributed by atoms with van der Waals surface area (Å²) < 4.78 is 26.7. The normalized spacial score (nSPS) is 12.2. The van der Waals surface area contributed by atoms with Gasteiger partial charge in [0.1, 0.15) is 6.04 Å². The summed E-state index contributed by atoms with van der Waals surface area (Å²) in [5.41, 5.74) is 3.21. The lowest BCUT2D eigenvalue weighted by Crippen LogP contribution is -2.51. The van der Waals surface area contributed by atoms with Gasteiger partial charge in [0, 0.05) is 42.5 Å². The summed E-state index contributed by atoms with van der Waals surface area (Å²) in [4.78, 5) is 29.1. The highest BCUT2D eigenvalue weighted by atomic mass is 35.5. The molecule has 2 amide bonds. The number of sulfonamides is 1. The van der Waals surface area contributed by atoms with Crippen LogP contribution >= 0.6 is 23.2 Å². The maximum absolute atomic E-state index is 14.0. The summed E-state index contributed by atoms with van der Waals surface area (Å²) in [7, 11) is -3.59. The smallest absolute Gasteiger partial charge is 0.243 e. The molecule has 1 unspecified atom stereocenters. The number of anilines is 1. The van der Waals surface area contributed by atoms with E-state index in [4.69, 9.17) is 23.2 Å². The van der Waals surface area contributed by atoms with E-state index < -0.39 is 16.1 Å². The van der Waals surface area contributed by atoms with E-state index in [1.165, 1.54) is 4.31 Å². The second kappa shape index (κ2) is 16.1. The lowest BCUT2D eigenvalue weighted by atomic mass is 10.0. The zero-order valence-corrected chi connectivity index (χ0v) is 27.6. The fourth-order valence-electron chi connectivity index (χ4n) is 4.71. The fraction of sp³-hybridized carbons (Fsp3) is 0.394. The fourth-order valence-corrected chi connectivity index (χ4v) is 6.15. The molecule has 0 saturated heterocycles. The first kappa shape index (κ1) is 34.4. The maximum Gasteiger partial charge on any atom is 0.243 e. The van der Waals surface area contributed by atoms with Crippen molar-refractivity contribution < 1.29 is 18.0 Å². The van der Waals surface area contributed by atoms with E-state index in [0.29, 0.717) is 34.3 Å². The molecular weight excluding hydrogens is 605 g/mol. The Morgan fingerprint density at radius 2 is 1.60 bits per heavy atom. The quantitative estimate of drug-likeness (QED) is 0.204. The van der Waals surface area contributed by atoms with Crippen molar-refractivity contribution in [3.63, 3.8) is 0 Å². The van der Waals surface area contributed by atoms with E-state index in [0.717, 1.165) is 23.8 Å². The van der Waals surface area contributed by atoms with Gasteiger partial charge in [-0.1, -0.05) is 92.5 Å². The molecule has 1 N–H and O–H groups in total. The summed E-state index contributed by atoms with van der Waals surface area (Å²) >= 11 is 12.6. The predicted octanol–water partition coefficient (Wildman–Crippen LogP) is 6.51. The molecule has 232 valence electrons. The minimum atomic E-state index is -3.59. The molecule has 0 radical (unpaired) electrons. The Kier molecular flexibility index (Phi) is 12.9. The second-order valence-corrected chi connectivity index (χ2v) is 13.8. The third-order valence-electron chi connectivity index (χ3n) is 7.10. The summed E-state index contributed by atoms with van der Waals surface area (Å²) in [5, 5.41) is 3.86. The number of halogens is 2. The number of carbonyl (C=O) groups excluding carboxylic acids is 2. The Balaban J connectivity index is 1.90. The van der Waals surface area contributed by atoms with Crippen molar-refractivity contribution in [2.75, 3.05) is 23.7 Å². The van der Waals surface area contributed by atoms with Crippen LogP contribution in [0.1, 0.15) is 50.3 Å². The molecule has 3 aromatic rings. The van der Waals surface area contributed by atoms with E-state index in [1.807, 2.05) is 63.2 Å². The van der Waals surface area contributed by atoms with Crippen LogP contribution in [-0.2, 0) is 39.0 Å². The number of rotatable bonds is 15. The molecule has 1 atom stereocenters. The van der Waals surface area contributed by atoms with Crippen LogP contribution in [0.2, 0.25) is 10.0 Å². The zero-order chi connectivity index (χ0) is 31.6. The first-order chi connectivity index (χ1) is 20.4. The van der Waals surface area contributed by atoms with Crippen LogP contribution in [0.3, 0.4) is 0 Å². The number of nitrogens with one attached hydrogen (secondary N) is 1. The summed E-state index contributed by atoms with van der Waals surface area (Å²) in [6, 6.07) is 21.2. The molecule has 43 heavy (non-hydrogen) atoms. The van der Waals surface area contributed by atoms with Gasteiger partial charge in [0.15, 0.2) is 0 Å². The molecule has 0 aliphatic carbocycles. The topological polar surface area (TPSA) is 86.8 Å². The molecule has 7 nitrogen and oxygen atoms in total. The molecule has 3 rings (SSSR count). The van der Waals surface area contributed by atoms with Crippen molar-refractivity contribution in [2.24, 2.45) is 5.92 Å². The van der Waals surface area contributed by atoms with Crippen LogP contribution in [-0.4, -0.2) is 50.5 Å². The standard InChI is InChI=1S/C33H41Cl2N3O4S/c1-5-25-13-17-29(18-14-25)38(43(4,41)42)19-9-12-32(39)37(23-27-15-16-28(34)21-30(27)35)31(33(40)36-22-24(2)3)20-26-10-7-6-8-11-26/h6-8,10-11,13-18,21,24,31H,5,9,12,19-20,22-23H2,1-4H3,(H,36,40). The van der Waals surface area contributed by atoms with E-state index >= 15 is 0 Å². The van der Waals surface area contributed by atoms with Crippen molar-refractivity contribution in [3.05, 3.63) is 99.5 Å². The highest BCUT2D eigenvalue weighted by molar-refractivity contribution is 7.92. The van der Waals surface area contributed by atoms with Crippen LogP contribution in [0.5, 0.6) is 0 Å². The van der Waals surface area contributed by atoms with Gasteiger partial charge in [-0.3, -0.25) is 13.9 Å². The third-order valence-corrected chi connectivity index (χ3v) is 8.88. The zero-order valence-electron chi connectivity index (χ0n) is 25.2. The molecule has 0 saturated carbocycles. The van der Waals surface area contributed by atoms with Crippen LogP contribution in [0.4, 0.5) is 5.69 Å². The van der Waals surface area contributed by atoms with Gasteiger partial charge in [-0.05, 0) is 59.7 Å². The highest BCUT2D eigenvalue weighted by Crippen LogP contribution is 2.25. The minimum Gasteiger partial charge on any atom is -0.354 e. The average molecular weight is 647 g/mol. The number of carbonyl (C=O) groups is 2. The van der Waals surface area contributed by atoms with Gasteiger partial charge >= 0.3 is 0 Å². The molecule has 0 aromatic heterocycles. The Bertz CT molecular complexity index is 1470. The Labute approximate surface area is 266 Å². The first-order valence-corrected chi connectivity index (χ1v) is 17.1.